The topological polar surface area (TPSA) is 30.7 Å². The molecule has 0 bridgehead atoms. The van der Waals surface area contributed by atoms with Crippen LogP contribution in [0.2, 0.25) is 0 Å². The molecule has 1 aromatic carbocycles. The molecule has 110 valence electrons. The Labute approximate surface area is 135 Å². The Morgan fingerprint density at radius 1 is 1.19 bits per heavy atom. The van der Waals surface area contributed by atoms with Crippen molar-refractivity contribution in [2.24, 2.45) is 0 Å². The lowest BCUT2D eigenvalue weighted by Gasteiger charge is -2.07. The Hall–Kier alpha value is -1.16. The van der Waals surface area contributed by atoms with Crippen LogP contribution in [0.3, 0.4) is 0 Å². The van der Waals surface area contributed by atoms with Crippen molar-refractivity contribution in [3.8, 4) is 5.13 Å². The van der Waals surface area contributed by atoms with Crippen LogP contribution in [-0.2, 0) is 6.18 Å². The second-order valence-corrected chi connectivity index (χ2v) is 6.89. The van der Waals surface area contributed by atoms with E-state index in [9.17, 15) is 13.2 Å². The highest BCUT2D eigenvalue weighted by atomic mass is 127. The largest absolute Gasteiger partial charge is 0.418 e. The third-order valence-electron chi connectivity index (χ3n) is 2.94. The third kappa shape index (κ3) is 2.66. The van der Waals surface area contributed by atoms with Crippen LogP contribution in [-0.4, -0.2) is 14.8 Å². The van der Waals surface area contributed by atoms with E-state index in [-0.39, 0.29) is 5.52 Å². The number of hydrogen-bond acceptors (Lipinski definition) is 3. The fourth-order valence-electron chi connectivity index (χ4n) is 2.11. The molecular weight excluding hydrogens is 414 g/mol. The molecule has 0 radical (unpaired) electrons. The number of aryl methyl sites for hydroxylation is 2. The van der Waals surface area contributed by atoms with Gasteiger partial charge in [-0.3, -0.25) is 0 Å². The number of alkyl halides is 3. The van der Waals surface area contributed by atoms with Crippen molar-refractivity contribution in [2.75, 3.05) is 0 Å². The van der Waals surface area contributed by atoms with Gasteiger partial charge in [0.15, 0.2) is 0 Å². The van der Waals surface area contributed by atoms with Crippen molar-refractivity contribution < 1.29 is 13.2 Å². The van der Waals surface area contributed by atoms with E-state index in [4.69, 9.17) is 0 Å². The molecule has 0 atom stereocenters. The summed E-state index contributed by atoms with van der Waals surface area (Å²) in [6.07, 6.45) is -4.42. The molecule has 0 N–H and O–H groups in total. The summed E-state index contributed by atoms with van der Waals surface area (Å²) in [4.78, 5) is 4.16. The van der Waals surface area contributed by atoms with Gasteiger partial charge in [-0.05, 0) is 54.6 Å². The molecule has 0 spiro atoms. The standard InChI is InChI=1S/C13H9F3IN3S/c1-6-3-7(2)20(19-6)12-18-11-9(13(14,15)16)4-8(17)5-10(11)21-12/h3-5H,1-2H3. The molecule has 0 saturated heterocycles. The zero-order chi connectivity index (χ0) is 15.4. The van der Waals surface area contributed by atoms with Crippen molar-refractivity contribution in [3.63, 3.8) is 0 Å². The maximum Gasteiger partial charge on any atom is 0.418 e. The van der Waals surface area contributed by atoms with Crippen LogP contribution in [0.4, 0.5) is 13.2 Å². The van der Waals surface area contributed by atoms with Gasteiger partial charge in [-0.2, -0.15) is 18.3 Å². The predicted molar refractivity (Wildman–Crippen MR) is 83.9 cm³/mol. The number of halogens is 4. The minimum absolute atomic E-state index is 0.0181. The van der Waals surface area contributed by atoms with Crippen molar-refractivity contribution in [1.82, 2.24) is 14.8 Å². The average molecular weight is 423 g/mol. The summed E-state index contributed by atoms with van der Waals surface area (Å²) >= 11 is 3.09. The van der Waals surface area contributed by atoms with E-state index >= 15 is 0 Å². The van der Waals surface area contributed by atoms with E-state index in [2.05, 4.69) is 10.1 Å². The molecule has 3 nitrogen and oxygen atoms in total. The van der Waals surface area contributed by atoms with Gasteiger partial charge in [-0.25, -0.2) is 9.67 Å². The van der Waals surface area contributed by atoms with E-state index in [1.807, 2.05) is 42.5 Å². The van der Waals surface area contributed by atoms with Gasteiger partial charge in [-0.15, -0.1) is 0 Å². The van der Waals surface area contributed by atoms with Gasteiger partial charge in [0, 0.05) is 9.26 Å². The zero-order valence-corrected chi connectivity index (χ0v) is 14.0. The fourth-order valence-corrected chi connectivity index (χ4v) is 3.99. The summed E-state index contributed by atoms with van der Waals surface area (Å²) in [5.74, 6) is 0. The minimum Gasteiger partial charge on any atom is -0.218 e. The molecule has 8 heteroatoms. The maximum atomic E-state index is 13.1. The first-order valence-corrected chi connectivity index (χ1v) is 7.86. The summed E-state index contributed by atoms with van der Waals surface area (Å²) in [6.45, 7) is 3.68. The lowest BCUT2D eigenvalue weighted by Crippen LogP contribution is -2.06. The van der Waals surface area contributed by atoms with Crippen LogP contribution >= 0.6 is 33.9 Å². The molecule has 0 amide bonds. The van der Waals surface area contributed by atoms with E-state index in [0.29, 0.717) is 13.4 Å². The Kier molecular flexibility index (Phi) is 3.47. The van der Waals surface area contributed by atoms with Gasteiger partial charge in [-0.1, -0.05) is 11.3 Å². The number of hydrogen-bond donors (Lipinski definition) is 0. The van der Waals surface area contributed by atoms with Crippen LogP contribution in [0.25, 0.3) is 15.3 Å². The third-order valence-corrected chi connectivity index (χ3v) is 4.55. The van der Waals surface area contributed by atoms with Crippen LogP contribution in [0.15, 0.2) is 18.2 Å². The average Bonchev–Trinajstić information content (AvgIpc) is 2.89. The SMILES string of the molecule is Cc1cc(C)n(-c2nc3c(C(F)(F)F)cc(I)cc3s2)n1. The molecule has 0 fully saturated rings. The second kappa shape index (κ2) is 4.94. The first kappa shape index (κ1) is 14.8. The van der Waals surface area contributed by atoms with Gasteiger partial charge in [0.25, 0.3) is 0 Å². The molecule has 3 rings (SSSR count). The molecular formula is C13H9F3IN3S. The van der Waals surface area contributed by atoms with Crippen LogP contribution in [0.5, 0.6) is 0 Å². The normalized spacial score (nSPS) is 12.3. The van der Waals surface area contributed by atoms with Gasteiger partial charge in [0.2, 0.25) is 5.13 Å². The van der Waals surface area contributed by atoms with E-state index in [1.165, 1.54) is 11.3 Å². The molecule has 0 saturated carbocycles. The van der Waals surface area contributed by atoms with Crippen LogP contribution < -0.4 is 0 Å². The molecule has 3 aromatic rings. The highest BCUT2D eigenvalue weighted by Gasteiger charge is 2.34. The van der Waals surface area contributed by atoms with Crippen LogP contribution in [0.1, 0.15) is 17.0 Å². The number of thiazole rings is 1. The fraction of sp³-hybridized carbons (Fsp3) is 0.231. The summed E-state index contributed by atoms with van der Waals surface area (Å²) in [5.41, 5.74) is 0.927. The minimum atomic E-state index is -4.42. The second-order valence-electron chi connectivity index (χ2n) is 4.63. The summed E-state index contributed by atoms with van der Waals surface area (Å²) in [7, 11) is 0. The molecule has 0 unspecified atom stereocenters. The Balaban J connectivity index is 2.27. The predicted octanol–water partition coefficient (Wildman–Crippen LogP) is 4.72. The van der Waals surface area contributed by atoms with Crippen LogP contribution in [0, 0.1) is 17.4 Å². The molecule has 0 aliphatic heterocycles. The summed E-state index contributed by atoms with van der Waals surface area (Å²) in [5, 5.41) is 4.72. The first-order valence-electron chi connectivity index (χ1n) is 5.96. The van der Waals surface area contributed by atoms with Crippen molar-refractivity contribution >= 4 is 44.1 Å². The summed E-state index contributed by atoms with van der Waals surface area (Å²) < 4.78 is 42.0. The molecule has 2 aromatic heterocycles. The zero-order valence-electron chi connectivity index (χ0n) is 11.0. The van der Waals surface area contributed by atoms with Gasteiger partial charge < -0.3 is 0 Å². The number of fused-ring (bicyclic) bond motifs is 1. The lowest BCUT2D eigenvalue weighted by atomic mass is 10.2. The summed E-state index contributed by atoms with van der Waals surface area (Å²) in [6, 6.07) is 4.69. The van der Waals surface area contributed by atoms with E-state index in [0.717, 1.165) is 17.5 Å². The van der Waals surface area contributed by atoms with Gasteiger partial charge in [0.1, 0.15) is 0 Å². The smallest absolute Gasteiger partial charge is 0.218 e. The number of aromatic nitrogens is 3. The number of benzene rings is 1. The Bertz CT molecular complexity index is 835. The van der Waals surface area contributed by atoms with Crippen molar-refractivity contribution in [2.45, 2.75) is 20.0 Å². The first-order chi connectivity index (χ1) is 9.75. The van der Waals surface area contributed by atoms with Gasteiger partial charge in [0.05, 0.1) is 21.5 Å². The van der Waals surface area contributed by atoms with E-state index in [1.54, 1.807) is 10.7 Å². The lowest BCUT2D eigenvalue weighted by molar-refractivity contribution is -0.136. The molecule has 0 aliphatic rings. The highest BCUT2D eigenvalue weighted by molar-refractivity contribution is 14.1. The Morgan fingerprint density at radius 3 is 2.48 bits per heavy atom. The highest BCUT2D eigenvalue weighted by Crippen LogP contribution is 2.38. The molecule has 0 aliphatic carbocycles. The molecule has 21 heavy (non-hydrogen) atoms. The number of rotatable bonds is 1. The maximum absolute atomic E-state index is 13.1. The quantitative estimate of drug-likeness (QED) is 0.531. The van der Waals surface area contributed by atoms with Gasteiger partial charge >= 0.3 is 6.18 Å². The molecule has 2 heterocycles. The monoisotopic (exact) mass is 423 g/mol. The number of nitrogens with zero attached hydrogens (tertiary/aromatic N) is 3. The Morgan fingerprint density at radius 2 is 1.90 bits per heavy atom. The van der Waals surface area contributed by atoms with E-state index < -0.39 is 11.7 Å². The van der Waals surface area contributed by atoms with Crippen molar-refractivity contribution in [3.05, 3.63) is 38.7 Å². The van der Waals surface area contributed by atoms with Crippen molar-refractivity contribution in [1.29, 1.82) is 0 Å².